The summed E-state index contributed by atoms with van der Waals surface area (Å²) in [4.78, 5) is 34.2. The number of urea groups is 1. The SMILES string of the molecule is O=C(O)NCCCC1(C(O)c2ccc(I)cc2)NC(=O)NC1=O. The van der Waals surface area contributed by atoms with Gasteiger partial charge in [-0.25, -0.2) is 9.59 Å². The summed E-state index contributed by atoms with van der Waals surface area (Å²) in [5, 5.41) is 26.0. The third-order valence-corrected chi connectivity index (χ3v) is 4.36. The highest BCUT2D eigenvalue weighted by Crippen LogP contribution is 2.33. The predicted octanol–water partition coefficient (Wildman–Crippen LogP) is 0.951. The normalized spacial score (nSPS) is 21.5. The average molecular weight is 433 g/mol. The van der Waals surface area contributed by atoms with Crippen LogP contribution in [0.25, 0.3) is 0 Å². The highest BCUT2D eigenvalue weighted by atomic mass is 127. The van der Waals surface area contributed by atoms with Crippen molar-refractivity contribution >= 4 is 40.6 Å². The molecule has 2 rings (SSSR count). The minimum Gasteiger partial charge on any atom is -0.465 e. The number of halogens is 1. The van der Waals surface area contributed by atoms with Gasteiger partial charge in [0, 0.05) is 10.1 Å². The molecule has 0 bridgehead atoms. The maximum atomic E-state index is 12.2. The smallest absolute Gasteiger partial charge is 0.404 e. The minimum atomic E-state index is -1.51. The minimum absolute atomic E-state index is 0.0952. The fourth-order valence-corrected chi connectivity index (χ4v) is 2.86. The number of rotatable bonds is 6. The maximum Gasteiger partial charge on any atom is 0.404 e. The van der Waals surface area contributed by atoms with Gasteiger partial charge >= 0.3 is 12.1 Å². The molecule has 23 heavy (non-hydrogen) atoms. The first-order valence-corrected chi connectivity index (χ1v) is 7.97. The molecular formula is C14H16IN3O5. The Hall–Kier alpha value is -1.88. The number of carbonyl (C=O) groups excluding carboxylic acids is 2. The van der Waals surface area contributed by atoms with Crippen LogP contribution in [0.5, 0.6) is 0 Å². The summed E-state index contributed by atoms with van der Waals surface area (Å²) in [5.74, 6) is -0.621. The lowest BCUT2D eigenvalue weighted by Crippen LogP contribution is -2.52. The van der Waals surface area contributed by atoms with Crippen molar-refractivity contribution in [2.24, 2.45) is 0 Å². The number of aliphatic hydroxyl groups is 1. The molecule has 0 saturated carbocycles. The molecular weight excluding hydrogens is 417 g/mol. The van der Waals surface area contributed by atoms with Gasteiger partial charge in [-0.2, -0.15) is 0 Å². The van der Waals surface area contributed by atoms with Crippen LogP contribution >= 0.6 is 22.6 Å². The Morgan fingerprint density at radius 2 is 1.96 bits per heavy atom. The Balaban J connectivity index is 2.19. The molecule has 1 heterocycles. The average Bonchev–Trinajstić information content (AvgIpc) is 2.78. The van der Waals surface area contributed by atoms with Crippen LogP contribution in [0, 0.1) is 3.57 Å². The first-order chi connectivity index (χ1) is 10.8. The Kier molecular flexibility index (Phi) is 5.42. The van der Waals surface area contributed by atoms with Crippen LogP contribution in [-0.2, 0) is 4.79 Å². The van der Waals surface area contributed by atoms with Crippen LogP contribution in [0.2, 0.25) is 0 Å². The van der Waals surface area contributed by atoms with Crippen molar-refractivity contribution in [3.63, 3.8) is 0 Å². The molecule has 1 fully saturated rings. The lowest BCUT2D eigenvalue weighted by molar-refractivity contribution is -0.128. The number of hydrogen-bond donors (Lipinski definition) is 5. The van der Waals surface area contributed by atoms with Crippen molar-refractivity contribution in [3.05, 3.63) is 33.4 Å². The number of carboxylic acid groups (broad SMARTS) is 1. The molecule has 1 aliphatic rings. The van der Waals surface area contributed by atoms with Gasteiger partial charge in [0.15, 0.2) is 5.54 Å². The molecule has 1 saturated heterocycles. The van der Waals surface area contributed by atoms with E-state index in [4.69, 9.17) is 5.11 Å². The second kappa shape index (κ2) is 7.13. The highest BCUT2D eigenvalue weighted by Gasteiger charge is 2.51. The van der Waals surface area contributed by atoms with Crippen LogP contribution < -0.4 is 16.0 Å². The molecule has 1 aliphatic heterocycles. The molecule has 1 aromatic carbocycles. The number of carbonyl (C=O) groups is 3. The summed E-state index contributed by atoms with van der Waals surface area (Å²) >= 11 is 2.12. The van der Waals surface area contributed by atoms with E-state index in [2.05, 4.69) is 38.5 Å². The Morgan fingerprint density at radius 1 is 1.30 bits per heavy atom. The topological polar surface area (TPSA) is 128 Å². The van der Waals surface area contributed by atoms with Gasteiger partial charge in [0.2, 0.25) is 0 Å². The summed E-state index contributed by atoms with van der Waals surface area (Å²) in [6.45, 7) is 0.111. The Morgan fingerprint density at radius 3 is 2.48 bits per heavy atom. The summed E-state index contributed by atoms with van der Waals surface area (Å²) in [6, 6.07) is 6.26. The van der Waals surface area contributed by atoms with Gasteiger partial charge in [-0.1, -0.05) is 12.1 Å². The fraction of sp³-hybridized carbons (Fsp3) is 0.357. The Bertz CT molecular complexity index is 621. The van der Waals surface area contributed by atoms with Gasteiger partial charge in [0.25, 0.3) is 5.91 Å². The van der Waals surface area contributed by atoms with Crippen molar-refractivity contribution in [1.29, 1.82) is 0 Å². The third kappa shape index (κ3) is 3.91. The third-order valence-electron chi connectivity index (χ3n) is 3.65. The second-order valence-electron chi connectivity index (χ2n) is 5.17. The van der Waals surface area contributed by atoms with Crippen molar-refractivity contribution < 1.29 is 24.6 Å². The van der Waals surface area contributed by atoms with Gasteiger partial charge in [0.1, 0.15) is 6.10 Å². The van der Waals surface area contributed by atoms with E-state index in [-0.39, 0.29) is 19.4 Å². The second-order valence-corrected chi connectivity index (χ2v) is 6.41. The molecule has 124 valence electrons. The van der Waals surface area contributed by atoms with E-state index < -0.39 is 29.7 Å². The number of nitrogens with one attached hydrogen (secondary N) is 3. The molecule has 9 heteroatoms. The van der Waals surface area contributed by atoms with Gasteiger partial charge in [-0.05, 0) is 53.1 Å². The van der Waals surface area contributed by atoms with E-state index in [0.717, 1.165) is 3.57 Å². The molecule has 0 aromatic heterocycles. The summed E-state index contributed by atoms with van der Waals surface area (Å²) in [6.07, 6.45) is -2.03. The Labute approximate surface area is 145 Å². The van der Waals surface area contributed by atoms with Crippen molar-refractivity contribution in [2.75, 3.05) is 6.54 Å². The molecule has 2 atom stereocenters. The summed E-state index contributed by atoms with van der Waals surface area (Å²) in [7, 11) is 0. The van der Waals surface area contributed by atoms with Crippen molar-refractivity contribution in [3.8, 4) is 0 Å². The van der Waals surface area contributed by atoms with E-state index in [1.807, 2.05) is 0 Å². The first-order valence-electron chi connectivity index (χ1n) is 6.89. The molecule has 0 spiro atoms. The maximum absolute atomic E-state index is 12.2. The zero-order chi connectivity index (χ0) is 17.0. The number of aliphatic hydroxyl groups excluding tert-OH is 1. The van der Waals surface area contributed by atoms with E-state index >= 15 is 0 Å². The molecule has 0 radical (unpaired) electrons. The molecule has 5 N–H and O–H groups in total. The van der Waals surface area contributed by atoms with Crippen LogP contribution in [0.4, 0.5) is 9.59 Å². The van der Waals surface area contributed by atoms with E-state index in [9.17, 15) is 19.5 Å². The van der Waals surface area contributed by atoms with Crippen molar-refractivity contribution in [1.82, 2.24) is 16.0 Å². The molecule has 1 aromatic rings. The van der Waals surface area contributed by atoms with Gasteiger partial charge in [-0.3, -0.25) is 10.1 Å². The van der Waals surface area contributed by atoms with Crippen LogP contribution in [0.3, 0.4) is 0 Å². The highest BCUT2D eigenvalue weighted by molar-refractivity contribution is 14.1. The lowest BCUT2D eigenvalue weighted by atomic mass is 9.83. The number of amides is 4. The molecule has 8 nitrogen and oxygen atoms in total. The number of benzene rings is 1. The van der Waals surface area contributed by atoms with E-state index in [0.29, 0.717) is 5.56 Å². The zero-order valence-corrected chi connectivity index (χ0v) is 14.2. The monoisotopic (exact) mass is 433 g/mol. The van der Waals surface area contributed by atoms with E-state index in [1.54, 1.807) is 24.3 Å². The molecule has 0 aliphatic carbocycles. The molecule has 2 unspecified atom stereocenters. The predicted molar refractivity (Wildman–Crippen MR) is 88.8 cm³/mol. The number of imide groups is 1. The van der Waals surface area contributed by atoms with Gasteiger partial charge in [0.05, 0.1) is 0 Å². The number of hydrogen-bond acceptors (Lipinski definition) is 4. The largest absolute Gasteiger partial charge is 0.465 e. The first kappa shape index (κ1) is 17.5. The summed E-state index contributed by atoms with van der Waals surface area (Å²) < 4.78 is 0.971. The van der Waals surface area contributed by atoms with E-state index in [1.165, 1.54) is 0 Å². The van der Waals surface area contributed by atoms with Gasteiger partial charge in [-0.15, -0.1) is 0 Å². The van der Waals surface area contributed by atoms with Crippen LogP contribution in [0.15, 0.2) is 24.3 Å². The molecule has 4 amide bonds. The van der Waals surface area contributed by atoms with Gasteiger partial charge < -0.3 is 20.8 Å². The van der Waals surface area contributed by atoms with Crippen LogP contribution in [-0.4, -0.2) is 40.3 Å². The summed E-state index contributed by atoms with van der Waals surface area (Å²) in [5.41, 5.74) is -1.02. The zero-order valence-electron chi connectivity index (χ0n) is 12.0. The standard InChI is InChI=1S/C14H16IN3O5/c15-9-4-2-8(3-5-9)10(19)14(6-1-7-16-13(22)23)11(20)17-12(21)18-14/h2-5,10,16,19H,1,6-7H2,(H,22,23)(H2,17,18,20,21). The quantitative estimate of drug-likeness (QED) is 0.259. The fourth-order valence-electron chi connectivity index (χ4n) is 2.50. The lowest BCUT2D eigenvalue weighted by Gasteiger charge is -2.31. The van der Waals surface area contributed by atoms with Crippen molar-refractivity contribution in [2.45, 2.75) is 24.5 Å². The van der Waals surface area contributed by atoms with Crippen LogP contribution in [0.1, 0.15) is 24.5 Å².